The molecule has 1 unspecified atom stereocenters. The summed E-state index contributed by atoms with van der Waals surface area (Å²) in [6.07, 6.45) is 0. The smallest absolute Gasteiger partial charge is 0.325 e. The molecule has 4 N–H and O–H groups in total. The predicted molar refractivity (Wildman–Crippen MR) is 57.6 cm³/mol. The van der Waals surface area contributed by atoms with Crippen molar-refractivity contribution in [2.45, 2.75) is 13.0 Å². The largest absolute Gasteiger partial charge is 0.480 e. The van der Waals surface area contributed by atoms with Crippen LogP contribution in [0.15, 0.2) is 18.2 Å². The number of nitrogens with one attached hydrogen (secondary N) is 1. The molecule has 1 atom stereocenters. The van der Waals surface area contributed by atoms with E-state index >= 15 is 0 Å². The predicted octanol–water partition coefficient (Wildman–Crippen LogP) is 1.70. The number of halogens is 1. The van der Waals surface area contributed by atoms with Gasteiger partial charge in [-0.2, -0.15) is 0 Å². The highest BCUT2D eigenvalue weighted by Crippen LogP contribution is 2.28. The van der Waals surface area contributed by atoms with Gasteiger partial charge < -0.3 is 15.8 Å². The molecule has 1 aromatic carbocycles. The summed E-state index contributed by atoms with van der Waals surface area (Å²) in [7, 11) is 0. The molecule has 0 saturated carbocycles. The fraction of sp³-hybridized carbons (Fsp3) is 0.182. The Kier molecular flexibility index (Phi) is 2.40. The summed E-state index contributed by atoms with van der Waals surface area (Å²) >= 11 is 0. The maximum atomic E-state index is 13.4. The summed E-state index contributed by atoms with van der Waals surface area (Å²) in [5, 5.41) is 9.40. The SMILES string of the molecule is Cc1[nH]c2c(F)cccc2c1C(N)C(=O)O. The number of H-pyrrole nitrogens is 1. The number of fused-ring (bicyclic) bond motifs is 1. The second-order valence-electron chi connectivity index (χ2n) is 3.64. The van der Waals surface area contributed by atoms with Gasteiger partial charge in [0.25, 0.3) is 0 Å². The quantitative estimate of drug-likeness (QED) is 0.723. The maximum absolute atomic E-state index is 13.4. The lowest BCUT2D eigenvalue weighted by Gasteiger charge is -2.06. The number of aromatic amines is 1. The van der Waals surface area contributed by atoms with E-state index in [0.717, 1.165) is 0 Å². The maximum Gasteiger partial charge on any atom is 0.325 e. The van der Waals surface area contributed by atoms with Crippen molar-refractivity contribution in [3.8, 4) is 0 Å². The summed E-state index contributed by atoms with van der Waals surface area (Å²) in [6, 6.07) is 3.35. The van der Waals surface area contributed by atoms with Gasteiger partial charge in [-0.05, 0) is 13.0 Å². The number of aryl methyl sites for hydroxylation is 1. The first-order valence-corrected chi connectivity index (χ1v) is 4.77. The number of hydrogen-bond acceptors (Lipinski definition) is 2. The lowest BCUT2D eigenvalue weighted by Crippen LogP contribution is -2.21. The normalized spacial score (nSPS) is 12.9. The minimum atomic E-state index is -1.14. The minimum Gasteiger partial charge on any atom is -0.480 e. The third kappa shape index (κ3) is 1.45. The lowest BCUT2D eigenvalue weighted by atomic mass is 10.0. The number of aromatic nitrogens is 1. The summed E-state index contributed by atoms with van der Waals surface area (Å²) < 4.78 is 13.4. The van der Waals surface area contributed by atoms with Crippen LogP contribution in [0.4, 0.5) is 4.39 Å². The number of benzene rings is 1. The van der Waals surface area contributed by atoms with E-state index in [1.807, 2.05) is 0 Å². The zero-order valence-electron chi connectivity index (χ0n) is 8.62. The molecule has 0 radical (unpaired) electrons. The summed E-state index contributed by atoms with van der Waals surface area (Å²) in [4.78, 5) is 13.7. The van der Waals surface area contributed by atoms with Crippen LogP contribution in [0.3, 0.4) is 0 Å². The first-order valence-electron chi connectivity index (χ1n) is 4.77. The first-order chi connectivity index (χ1) is 7.52. The Morgan fingerprint density at radius 1 is 1.56 bits per heavy atom. The molecule has 84 valence electrons. The molecule has 2 rings (SSSR count). The number of nitrogens with two attached hydrogens (primary N) is 1. The fourth-order valence-electron chi connectivity index (χ4n) is 1.86. The van der Waals surface area contributed by atoms with Crippen LogP contribution in [0.2, 0.25) is 0 Å². The molecule has 0 aliphatic heterocycles. The molecule has 0 bridgehead atoms. The number of aliphatic carboxylic acids is 1. The highest BCUT2D eigenvalue weighted by molar-refractivity contribution is 5.90. The average Bonchev–Trinajstić information content (AvgIpc) is 2.55. The van der Waals surface area contributed by atoms with Gasteiger partial charge in [0.1, 0.15) is 11.9 Å². The number of hydrogen-bond donors (Lipinski definition) is 3. The molecule has 1 heterocycles. The molecule has 0 aliphatic rings. The molecule has 0 saturated heterocycles. The van der Waals surface area contributed by atoms with Crippen molar-refractivity contribution < 1.29 is 14.3 Å². The number of rotatable bonds is 2. The number of carboxylic acids is 1. The van der Waals surface area contributed by atoms with Crippen molar-refractivity contribution in [2.75, 3.05) is 0 Å². The van der Waals surface area contributed by atoms with Gasteiger partial charge in [0.2, 0.25) is 0 Å². The van der Waals surface area contributed by atoms with E-state index in [-0.39, 0.29) is 0 Å². The number of para-hydroxylation sites is 1. The molecular weight excluding hydrogens is 211 g/mol. The van der Waals surface area contributed by atoms with Crippen molar-refractivity contribution in [1.29, 1.82) is 0 Å². The van der Waals surface area contributed by atoms with Gasteiger partial charge >= 0.3 is 5.97 Å². The van der Waals surface area contributed by atoms with Crippen LogP contribution in [0.1, 0.15) is 17.3 Å². The van der Waals surface area contributed by atoms with Crippen molar-refractivity contribution in [1.82, 2.24) is 4.98 Å². The van der Waals surface area contributed by atoms with Gasteiger partial charge in [0.15, 0.2) is 0 Å². The van der Waals surface area contributed by atoms with E-state index in [2.05, 4.69) is 4.98 Å². The van der Waals surface area contributed by atoms with Crippen LogP contribution >= 0.6 is 0 Å². The molecule has 0 aliphatic carbocycles. The molecular formula is C11H11FN2O2. The van der Waals surface area contributed by atoms with Gasteiger partial charge in [-0.1, -0.05) is 12.1 Å². The lowest BCUT2D eigenvalue weighted by molar-refractivity contribution is -0.138. The molecule has 5 heteroatoms. The van der Waals surface area contributed by atoms with E-state index in [9.17, 15) is 9.18 Å². The zero-order valence-corrected chi connectivity index (χ0v) is 8.62. The van der Waals surface area contributed by atoms with Gasteiger partial charge in [-0.25, -0.2) is 4.39 Å². The van der Waals surface area contributed by atoms with E-state index in [1.54, 1.807) is 13.0 Å². The third-order valence-corrected chi connectivity index (χ3v) is 2.60. The molecule has 0 spiro atoms. The minimum absolute atomic E-state index is 0.298. The summed E-state index contributed by atoms with van der Waals surface area (Å²) in [5.74, 6) is -1.54. The second-order valence-corrected chi connectivity index (χ2v) is 3.64. The topological polar surface area (TPSA) is 79.1 Å². The Labute approximate surface area is 90.9 Å². The van der Waals surface area contributed by atoms with Gasteiger partial charge in [-0.15, -0.1) is 0 Å². The average molecular weight is 222 g/mol. The van der Waals surface area contributed by atoms with Crippen molar-refractivity contribution >= 4 is 16.9 Å². The molecule has 0 fully saturated rings. The van der Waals surface area contributed by atoms with E-state index < -0.39 is 17.8 Å². The molecule has 2 aromatic rings. The standard InChI is InChI=1S/C11H11FN2O2/c1-5-8(9(13)11(15)16)6-3-2-4-7(12)10(6)14-5/h2-4,9,14H,13H2,1H3,(H,15,16). The van der Waals surface area contributed by atoms with Crippen molar-refractivity contribution in [3.05, 3.63) is 35.3 Å². The second kappa shape index (κ2) is 3.61. The number of carboxylic acid groups (broad SMARTS) is 1. The summed E-state index contributed by atoms with van der Waals surface area (Å²) in [5.41, 5.74) is 6.87. The van der Waals surface area contributed by atoms with Gasteiger partial charge in [0, 0.05) is 16.6 Å². The first kappa shape index (κ1) is 10.6. The van der Waals surface area contributed by atoms with Crippen LogP contribution in [0, 0.1) is 12.7 Å². The third-order valence-electron chi connectivity index (χ3n) is 2.60. The van der Waals surface area contributed by atoms with E-state index in [4.69, 9.17) is 10.8 Å². The highest BCUT2D eigenvalue weighted by Gasteiger charge is 2.22. The van der Waals surface area contributed by atoms with Crippen LogP contribution in [0.25, 0.3) is 10.9 Å². The summed E-state index contributed by atoms with van der Waals surface area (Å²) in [6.45, 7) is 1.68. The number of carbonyl (C=O) groups is 1. The van der Waals surface area contributed by atoms with Gasteiger partial charge in [0.05, 0.1) is 5.52 Å². The Hall–Kier alpha value is -1.88. The highest BCUT2D eigenvalue weighted by atomic mass is 19.1. The van der Waals surface area contributed by atoms with Crippen LogP contribution in [-0.4, -0.2) is 16.1 Å². The van der Waals surface area contributed by atoms with Gasteiger partial charge in [-0.3, -0.25) is 4.79 Å². The Morgan fingerprint density at radius 3 is 2.88 bits per heavy atom. The Morgan fingerprint density at radius 2 is 2.25 bits per heavy atom. The fourth-order valence-corrected chi connectivity index (χ4v) is 1.86. The van der Waals surface area contributed by atoms with E-state index in [1.165, 1.54) is 12.1 Å². The monoisotopic (exact) mass is 222 g/mol. The van der Waals surface area contributed by atoms with Crippen molar-refractivity contribution in [3.63, 3.8) is 0 Å². The van der Waals surface area contributed by atoms with E-state index in [0.29, 0.717) is 22.2 Å². The Bertz CT molecular complexity index is 562. The van der Waals surface area contributed by atoms with Crippen LogP contribution in [-0.2, 0) is 4.79 Å². The Balaban J connectivity index is 2.74. The molecule has 4 nitrogen and oxygen atoms in total. The zero-order chi connectivity index (χ0) is 11.9. The van der Waals surface area contributed by atoms with Crippen molar-refractivity contribution in [2.24, 2.45) is 5.73 Å². The molecule has 1 aromatic heterocycles. The molecule has 16 heavy (non-hydrogen) atoms. The molecule has 0 amide bonds. The van der Waals surface area contributed by atoms with Crippen LogP contribution in [0.5, 0.6) is 0 Å². The van der Waals surface area contributed by atoms with Crippen LogP contribution < -0.4 is 5.73 Å².